The lowest BCUT2D eigenvalue weighted by atomic mass is 9.93. The van der Waals surface area contributed by atoms with Crippen molar-refractivity contribution < 1.29 is 14.7 Å². The van der Waals surface area contributed by atoms with E-state index >= 15 is 0 Å². The third-order valence-corrected chi connectivity index (χ3v) is 3.44. The number of hydrogen-bond donors (Lipinski definition) is 2. The van der Waals surface area contributed by atoms with Gasteiger partial charge >= 0.3 is 5.97 Å². The molecule has 1 unspecified atom stereocenters. The molecule has 5 heteroatoms. The molecule has 1 atom stereocenters. The maximum Gasteiger partial charge on any atom is 0.303 e. The molecule has 5 nitrogen and oxygen atoms in total. The Morgan fingerprint density at radius 2 is 2.16 bits per heavy atom. The SMILES string of the molecule is CC(C)CNC(=O)CN1CCCC(CCC(=O)O)C1. The molecule has 1 fully saturated rings. The van der Waals surface area contributed by atoms with Gasteiger partial charge in [0.25, 0.3) is 0 Å². The van der Waals surface area contributed by atoms with Gasteiger partial charge in [-0.3, -0.25) is 14.5 Å². The Kier molecular flexibility index (Phi) is 6.84. The van der Waals surface area contributed by atoms with Crippen molar-refractivity contribution in [2.24, 2.45) is 11.8 Å². The number of hydrogen-bond acceptors (Lipinski definition) is 3. The van der Waals surface area contributed by atoms with E-state index in [1.807, 2.05) is 0 Å². The van der Waals surface area contributed by atoms with E-state index in [1.54, 1.807) is 0 Å². The molecule has 1 heterocycles. The summed E-state index contributed by atoms with van der Waals surface area (Å²) in [5.74, 6) is 0.232. The third kappa shape index (κ3) is 7.15. The van der Waals surface area contributed by atoms with E-state index < -0.39 is 5.97 Å². The van der Waals surface area contributed by atoms with Gasteiger partial charge in [-0.2, -0.15) is 0 Å². The van der Waals surface area contributed by atoms with Gasteiger partial charge in [-0.25, -0.2) is 0 Å². The van der Waals surface area contributed by atoms with Crippen LogP contribution >= 0.6 is 0 Å². The van der Waals surface area contributed by atoms with Crippen LogP contribution in [0.2, 0.25) is 0 Å². The molecule has 1 rings (SSSR count). The number of likely N-dealkylation sites (tertiary alicyclic amines) is 1. The molecule has 1 aliphatic rings. The van der Waals surface area contributed by atoms with E-state index in [2.05, 4.69) is 24.1 Å². The van der Waals surface area contributed by atoms with Gasteiger partial charge < -0.3 is 10.4 Å². The van der Waals surface area contributed by atoms with Gasteiger partial charge in [0.2, 0.25) is 5.91 Å². The fraction of sp³-hybridized carbons (Fsp3) is 0.857. The zero-order chi connectivity index (χ0) is 14.3. The molecule has 2 N–H and O–H groups in total. The molecule has 0 bridgehead atoms. The highest BCUT2D eigenvalue weighted by Gasteiger charge is 2.21. The van der Waals surface area contributed by atoms with Gasteiger partial charge in [0.05, 0.1) is 6.54 Å². The van der Waals surface area contributed by atoms with Crippen molar-refractivity contribution in [1.82, 2.24) is 10.2 Å². The van der Waals surface area contributed by atoms with Crippen molar-refractivity contribution in [2.45, 2.75) is 39.5 Å². The summed E-state index contributed by atoms with van der Waals surface area (Å²) in [4.78, 5) is 24.5. The number of aliphatic carboxylic acids is 1. The Hall–Kier alpha value is -1.10. The second-order valence-electron chi connectivity index (χ2n) is 5.87. The predicted octanol–water partition coefficient (Wildman–Crippen LogP) is 1.34. The summed E-state index contributed by atoms with van der Waals surface area (Å²) in [6, 6.07) is 0. The molecule has 1 aliphatic heterocycles. The Morgan fingerprint density at radius 1 is 1.42 bits per heavy atom. The highest BCUT2D eigenvalue weighted by molar-refractivity contribution is 5.78. The van der Waals surface area contributed by atoms with Crippen molar-refractivity contribution in [3.05, 3.63) is 0 Å². The molecule has 1 saturated heterocycles. The topological polar surface area (TPSA) is 69.6 Å². The average Bonchev–Trinajstić information content (AvgIpc) is 2.34. The summed E-state index contributed by atoms with van der Waals surface area (Å²) < 4.78 is 0. The van der Waals surface area contributed by atoms with Crippen LogP contribution in [-0.2, 0) is 9.59 Å². The zero-order valence-electron chi connectivity index (χ0n) is 12.0. The molecule has 0 saturated carbocycles. The first-order valence-electron chi connectivity index (χ1n) is 7.18. The van der Waals surface area contributed by atoms with E-state index in [0.717, 1.165) is 38.9 Å². The van der Waals surface area contributed by atoms with Crippen molar-refractivity contribution in [2.75, 3.05) is 26.2 Å². The van der Waals surface area contributed by atoms with Crippen molar-refractivity contribution in [3.63, 3.8) is 0 Å². The first-order valence-corrected chi connectivity index (χ1v) is 7.18. The van der Waals surface area contributed by atoms with Gasteiger partial charge in [0.15, 0.2) is 0 Å². The molecule has 0 aromatic carbocycles. The number of carboxylic acid groups (broad SMARTS) is 1. The fourth-order valence-electron chi connectivity index (χ4n) is 2.44. The summed E-state index contributed by atoms with van der Waals surface area (Å²) in [6.07, 6.45) is 3.09. The predicted molar refractivity (Wildman–Crippen MR) is 73.9 cm³/mol. The minimum Gasteiger partial charge on any atom is -0.481 e. The fourth-order valence-corrected chi connectivity index (χ4v) is 2.44. The molecule has 19 heavy (non-hydrogen) atoms. The lowest BCUT2D eigenvalue weighted by molar-refractivity contribution is -0.137. The summed E-state index contributed by atoms with van der Waals surface area (Å²) in [5, 5.41) is 11.6. The molecule has 0 radical (unpaired) electrons. The van der Waals surface area contributed by atoms with Gasteiger partial charge in [-0.15, -0.1) is 0 Å². The van der Waals surface area contributed by atoms with Crippen LogP contribution in [0.3, 0.4) is 0 Å². The first kappa shape index (κ1) is 16.0. The number of carbonyl (C=O) groups is 2. The molecule has 0 aromatic rings. The molecule has 110 valence electrons. The normalized spacial score (nSPS) is 20.5. The largest absolute Gasteiger partial charge is 0.481 e. The maximum atomic E-state index is 11.7. The van der Waals surface area contributed by atoms with E-state index in [0.29, 0.717) is 18.4 Å². The van der Waals surface area contributed by atoms with E-state index in [9.17, 15) is 9.59 Å². The molecular weight excluding hydrogens is 244 g/mol. The number of nitrogens with one attached hydrogen (secondary N) is 1. The molecule has 0 aliphatic carbocycles. The summed E-state index contributed by atoms with van der Waals surface area (Å²) in [5.41, 5.74) is 0. The van der Waals surface area contributed by atoms with Crippen LogP contribution < -0.4 is 5.32 Å². The Balaban J connectivity index is 2.26. The number of rotatable bonds is 7. The lowest BCUT2D eigenvalue weighted by Gasteiger charge is -2.32. The highest BCUT2D eigenvalue weighted by Crippen LogP contribution is 2.20. The van der Waals surface area contributed by atoms with Crippen LogP contribution in [-0.4, -0.2) is 48.1 Å². The number of carbonyl (C=O) groups excluding carboxylic acids is 1. The van der Waals surface area contributed by atoms with Crippen LogP contribution in [0.25, 0.3) is 0 Å². The standard InChI is InChI=1S/C14H26N2O3/c1-11(2)8-15-13(17)10-16-7-3-4-12(9-16)5-6-14(18)19/h11-12H,3-10H2,1-2H3,(H,15,17)(H,18,19). The third-order valence-electron chi connectivity index (χ3n) is 3.44. The van der Waals surface area contributed by atoms with Crippen molar-refractivity contribution in [1.29, 1.82) is 0 Å². The van der Waals surface area contributed by atoms with Gasteiger partial charge in [-0.1, -0.05) is 13.8 Å². The minimum absolute atomic E-state index is 0.0765. The van der Waals surface area contributed by atoms with Crippen LogP contribution in [0.15, 0.2) is 0 Å². The lowest BCUT2D eigenvalue weighted by Crippen LogP contribution is -2.43. The smallest absolute Gasteiger partial charge is 0.303 e. The molecule has 0 spiro atoms. The van der Waals surface area contributed by atoms with Crippen molar-refractivity contribution >= 4 is 11.9 Å². The Labute approximate surface area is 115 Å². The molecule has 0 aromatic heterocycles. The number of amides is 1. The van der Waals surface area contributed by atoms with Gasteiger partial charge in [0.1, 0.15) is 0 Å². The monoisotopic (exact) mass is 270 g/mol. The summed E-state index contributed by atoms with van der Waals surface area (Å²) in [6.45, 7) is 7.10. The molecule has 1 amide bonds. The van der Waals surface area contributed by atoms with E-state index in [4.69, 9.17) is 5.11 Å². The summed E-state index contributed by atoms with van der Waals surface area (Å²) >= 11 is 0. The van der Waals surface area contributed by atoms with E-state index in [1.165, 1.54) is 0 Å². The van der Waals surface area contributed by atoms with Gasteiger partial charge in [0, 0.05) is 19.5 Å². The molecular formula is C14H26N2O3. The van der Waals surface area contributed by atoms with E-state index in [-0.39, 0.29) is 12.3 Å². The second kappa shape index (κ2) is 8.15. The van der Waals surface area contributed by atoms with Crippen molar-refractivity contribution in [3.8, 4) is 0 Å². The zero-order valence-corrected chi connectivity index (χ0v) is 12.0. The Bertz CT molecular complexity index is 305. The Morgan fingerprint density at radius 3 is 2.79 bits per heavy atom. The number of piperidine rings is 1. The number of carboxylic acids is 1. The quantitative estimate of drug-likeness (QED) is 0.732. The average molecular weight is 270 g/mol. The van der Waals surface area contributed by atoms with Crippen LogP contribution in [0.4, 0.5) is 0 Å². The number of nitrogens with zero attached hydrogens (tertiary/aromatic N) is 1. The van der Waals surface area contributed by atoms with Crippen LogP contribution in [0, 0.1) is 11.8 Å². The first-order chi connectivity index (χ1) is 8.97. The van der Waals surface area contributed by atoms with Crippen LogP contribution in [0.5, 0.6) is 0 Å². The second-order valence-corrected chi connectivity index (χ2v) is 5.87. The minimum atomic E-state index is -0.730. The van der Waals surface area contributed by atoms with Crippen LogP contribution in [0.1, 0.15) is 39.5 Å². The highest BCUT2D eigenvalue weighted by atomic mass is 16.4. The summed E-state index contributed by atoms with van der Waals surface area (Å²) in [7, 11) is 0. The van der Waals surface area contributed by atoms with Gasteiger partial charge in [-0.05, 0) is 37.6 Å². The maximum absolute atomic E-state index is 11.7.